The van der Waals surface area contributed by atoms with Gasteiger partial charge in [0, 0.05) is 29.7 Å². The van der Waals surface area contributed by atoms with E-state index >= 15 is 0 Å². The largest absolute Gasteiger partial charge is 0.286 e. The van der Waals surface area contributed by atoms with Crippen molar-refractivity contribution in [2.75, 3.05) is 0 Å². The summed E-state index contributed by atoms with van der Waals surface area (Å²) in [4.78, 5) is 4.25. The first kappa shape index (κ1) is 11.4. The quantitative estimate of drug-likeness (QED) is 0.715. The maximum atomic E-state index is 4.25. The minimum atomic E-state index is 0.182. The highest BCUT2D eigenvalue weighted by Crippen LogP contribution is 2.18. The number of hydrogen-bond acceptors (Lipinski definition) is 2. The van der Waals surface area contributed by atoms with E-state index in [1.165, 1.54) is 0 Å². The van der Waals surface area contributed by atoms with Gasteiger partial charge in [-0.05, 0) is 18.2 Å². The predicted octanol–water partition coefficient (Wildman–Crippen LogP) is 2.79. The van der Waals surface area contributed by atoms with Gasteiger partial charge in [-0.2, -0.15) is 5.10 Å². The van der Waals surface area contributed by atoms with Crippen molar-refractivity contribution in [2.45, 2.75) is 26.2 Å². The minimum Gasteiger partial charge on any atom is -0.286 e. The zero-order valence-corrected chi connectivity index (χ0v) is 9.44. The third kappa shape index (κ3) is 4.40. The lowest BCUT2D eigenvalue weighted by Crippen LogP contribution is -2.12. The molecular formula is C12H17N3. The highest BCUT2D eigenvalue weighted by molar-refractivity contribution is 5.12. The monoisotopic (exact) mass is 203 g/mol. The van der Waals surface area contributed by atoms with Crippen molar-refractivity contribution in [3.05, 3.63) is 48.5 Å². The smallest absolute Gasteiger partial charge is 0.0487 e. The maximum Gasteiger partial charge on any atom is 0.0487 e. The molecule has 0 fully saturated rings. The molecule has 0 bridgehead atoms. The van der Waals surface area contributed by atoms with E-state index in [9.17, 15) is 0 Å². The molecule has 0 aliphatic carbocycles. The van der Waals surface area contributed by atoms with E-state index in [4.69, 9.17) is 0 Å². The standard InChI is InChI=1S/C9H13N.C3H4N2/c1-9(2,3)8-6-4-5-7-10-8;1-2-4-5-3-1/h4-7H,1-3H3;1-3H,(H,4,5). The molecule has 2 aromatic heterocycles. The van der Waals surface area contributed by atoms with Crippen LogP contribution >= 0.6 is 0 Å². The van der Waals surface area contributed by atoms with Crippen LogP contribution in [0.4, 0.5) is 0 Å². The van der Waals surface area contributed by atoms with Crippen LogP contribution in [0, 0.1) is 0 Å². The highest BCUT2D eigenvalue weighted by atomic mass is 15.1. The highest BCUT2D eigenvalue weighted by Gasteiger charge is 2.13. The Hall–Kier alpha value is -1.64. The molecule has 0 radical (unpaired) electrons. The molecule has 2 rings (SSSR count). The van der Waals surface area contributed by atoms with Gasteiger partial charge in [0.25, 0.3) is 0 Å². The lowest BCUT2D eigenvalue weighted by Gasteiger charge is -2.16. The van der Waals surface area contributed by atoms with Crippen LogP contribution in [0.3, 0.4) is 0 Å². The first-order valence-electron chi connectivity index (χ1n) is 4.96. The molecule has 0 aliphatic heterocycles. The lowest BCUT2D eigenvalue weighted by atomic mass is 9.92. The van der Waals surface area contributed by atoms with E-state index in [0.717, 1.165) is 5.69 Å². The van der Waals surface area contributed by atoms with E-state index in [0.29, 0.717) is 0 Å². The number of pyridine rings is 1. The Morgan fingerprint density at radius 3 is 2.13 bits per heavy atom. The maximum absolute atomic E-state index is 4.25. The molecule has 0 aliphatic rings. The number of rotatable bonds is 0. The number of nitrogens with zero attached hydrogens (tertiary/aromatic N) is 2. The first-order valence-corrected chi connectivity index (χ1v) is 4.96. The lowest BCUT2D eigenvalue weighted by molar-refractivity contribution is 0.569. The summed E-state index contributed by atoms with van der Waals surface area (Å²) >= 11 is 0. The van der Waals surface area contributed by atoms with Crippen LogP contribution in [0.1, 0.15) is 26.5 Å². The van der Waals surface area contributed by atoms with E-state index in [1.807, 2.05) is 24.4 Å². The summed E-state index contributed by atoms with van der Waals surface area (Å²) in [6.45, 7) is 6.49. The van der Waals surface area contributed by atoms with Gasteiger partial charge in [-0.3, -0.25) is 10.1 Å². The number of H-pyrrole nitrogens is 1. The van der Waals surface area contributed by atoms with Gasteiger partial charge in [-0.1, -0.05) is 26.8 Å². The number of hydrogen-bond donors (Lipinski definition) is 1. The Kier molecular flexibility index (Phi) is 4.03. The van der Waals surface area contributed by atoms with E-state index in [-0.39, 0.29) is 5.41 Å². The second kappa shape index (κ2) is 5.29. The fourth-order valence-electron chi connectivity index (χ4n) is 1.02. The molecule has 0 amide bonds. The predicted molar refractivity (Wildman–Crippen MR) is 61.5 cm³/mol. The second-order valence-corrected chi connectivity index (χ2v) is 4.23. The average molecular weight is 203 g/mol. The molecule has 0 saturated heterocycles. The molecule has 0 spiro atoms. The normalized spacial score (nSPS) is 10.3. The van der Waals surface area contributed by atoms with Gasteiger partial charge < -0.3 is 0 Å². The van der Waals surface area contributed by atoms with Crippen LogP contribution < -0.4 is 0 Å². The Balaban J connectivity index is 0.000000187. The summed E-state index contributed by atoms with van der Waals surface area (Å²) in [7, 11) is 0. The Morgan fingerprint density at radius 1 is 1.07 bits per heavy atom. The second-order valence-electron chi connectivity index (χ2n) is 4.23. The molecular weight excluding hydrogens is 186 g/mol. The molecule has 15 heavy (non-hydrogen) atoms. The van der Waals surface area contributed by atoms with Crippen molar-refractivity contribution in [3.63, 3.8) is 0 Å². The zero-order chi connectivity index (χ0) is 11.1. The Bertz CT molecular complexity index is 329. The summed E-state index contributed by atoms with van der Waals surface area (Å²) in [6, 6.07) is 7.85. The van der Waals surface area contributed by atoms with E-state index < -0.39 is 0 Å². The van der Waals surface area contributed by atoms with Gasteiger partial charge in [0.15, 0.2) is 0 Å². The zero-order valence-electron chi connectivity index (χ0n) is 9.44. The van der Waals surface area contributed by atoms with Crippen molar-refractivity contribution in [3.8, 4) is 0 Å². The van der Waals surface area contributed by atoms with Crippen LogP contribution in [0.2, 0.25) is 0 Å². The van der Waals surface area contributed by atoms with Gasteiger partial charge in [0.05, 0.1) is 0 Å². The van der Waals surface area contributed by atoms with Crippen molar-refractivity contribution in [1.82, 2.24) is 15.2 Å². The summed E-state index contributed by atoms with van der Waals surface area (Å²) in [6.07, 6.45) is 5.29. The van der Waals surface area contributed by atoms with Crippen LogP contribution in [0.15, 0.2) is 42.9 Å². The molecule has 2 aromatic rings. The fourth-order valence-corrected chi connectivity index (χ4v) is 1.02. The molecule has 3 heteroatoms. The Labute approximate surface area is 90.6 Å². The average Bonchev–Trinajstić information content (AvgIpc) is 2.76. The van der Waals surface area contributed by atoms with Crippen molar-refractivity contribution in [1.29, 1.82) is 0 Å². The molecule has 0 atom stereocenters. The summed E-state index contributed by atoms with van der Waals surface area (Å²) in [5, 5.41) is 6.21. The van der Waals surface area contributed by atoms with Crippen molar-refractivity contribution < 1.29 is 0 Å². The van der Waals surface area contributed by atoms with Gasteiger partial charge >= 0.3 is 0 Å². The number of aromatic amines is 1. The van der Waals surface area contributed by atoms with Gasteiger partial charge in [-0.25, -0.2) is 0 Å². The molecule has 1 N–H and O–H groups in total. The van der Waals surface area contributed by atoms with E-state index in [2.05, 4.69) is 42.0 Å². The van der Waals surface area contributed by atoms with Gasteiger partial charge in [0.2, 0.25) is 0 Å². The van der Waals surface area contributed by atoms with E-state index in [1.54, 1.807) is 12.4 Å². The molecule has 80 valence electrons. The Morgan fingerprint density at radius 2 is 1.87 bits per heavy atom. The third-order valence-corrected chi connectivity index (χ3v) is 1.84. The van der Waals surface area contributed by atoms with Gasteiger partial charge in [-0.15, -0.1) is 0 Å². The third-order valence-electron chi connectivity index (χ3n) is 1.84. The molecule has 2 heterocycles. The topological polar surface area (TPSA) is 41.6 Å². The molecule has 0 saturated carbocycles. The molecule has 0 aromatic carbocycles. The fraction of sp³-hybridized carbons (Fsp3) is 0.333. The summed E-state index contributed by atoms with van der Waals surface area (Å²) in [5.41, 5.74) is 1.33. The number of nitrogens with one attached hydrogen (secondary N) is 1. The summed E-state index contributed by atoms with van der Waals surface area (Å²) in [5.74, 6) is 0. The van der Waals surface area contributed by atoms with Crippen molar-refractivity contribution in [2.24, 2.45) is 0 Å². The SMILES string of the molecule is CC(C)(C)c1ccccn1.c1cn[nH]c1. The van der Waals surface area contributed by atoms with Gasteiger partial charge in [0.1, 0.15) is 0 Å². The molecule has 3 nitrogen and oxygen atoms in total. The van der Waals surface area contributed by atoms with Crippen LogP contribution in [-0.4, -0.2) is 15.2 Å². The molecule has 0 unspecified atom stereocenters. The summed E-state index contributed by atoms with van der Waals surface area (Å²) < 4.78 is 0. The van der Waals surface area contributed by atoms with Crippen LogP contribution in [0.5, 0.6) is 0 Å². The van der Waals surface area contributed by atoms with Crippen molar-refractivity contribution >= 4 is 0 Å². The number of aromatic nitrogens is 3. The van der Waals surface area contributed by atoms with Crippen LogP contribution in [0.25, 0.3) is 0 Å². The first-order chi connectivity index (χ1) is 7.11. The van der Waals surface area contributed by atoms with Crippen LogP contribution in [-0.2, 0) is 5.41 Å². The minimum absolute atomic E-state index is 0.182.